The first-order valence-corrected chi connectivity index (χ1v) is 9.80. The highest BCUT2D eigenvalue weighted by Crippen LogP contribution is 2.24. The number of hydrogen-bond donors (Lipinski definition) is 1. The Morgan fingerprint density at radius 2 is 1.93 bits per heavy atom. The number of hydrogen-bond acceptors (Lipinski definition) is 4. The molecule has 1 unspecified atom stereocenters. The van der Waals surface area contributed by atoms with E-state index < -0.39 is 0 Å². The first-order chi connectivity index (χ1) is 13.7. The third kappa shape index (κ3) is 5.28. The smallest absolute Gasteiger partial charge is 0.258 e. The van der Waals surface area contributed by atoms with Crippen molar-refractivity contribution in [2.45, 2.75) is 46.1 Å². The zero-order valence-corrected chi connectivity index (χ0v) is 17.7. The number of ether oxygens (including phenoxy) is 1. The molecule has 1 atom stereocenters. The first-order valence-electron chi connectivity index (χ1n) is 9.80. The number of furan rings is 1. The first kappa shape index (κ1) is 20.7. The van der Waals surface area contributed by atoms with Gasteiger partial charge in [0.1, 0.15) is 17.6 Å². The number of aryl methyl sites for hydroxylation is 2. The van der Waals surface area contributed by atoms with Crippen LogP contribution in [-0.2, 0) is 10.2 Å². The van der Waals surface area contributed by atoms with Crippen LogP contribution in [0.25, 0.3) is 0 Å². The molecule has 29 heavy (non-hydrogen) atoms. The summed E-state index contributed by atoms with van der Waals surface area (Å²) < 4.78 is 13.1. The molecule has 0 saturated carbocycles. The van der Waals surface area contributed by atoms with Crippen molar-refractivity contribution >= 4 is 5.91 Å². The molecule has 154 valence electrons. The van der Waals surface area contributed by atoms with Crippen molar-refractivity contribution < 1.29 is 13.9 Å². The summed E-state index contributed by atoms with van der Waals surface area (Å²) in [5, 5.41) is 7.47. The number of rotatable bonds is 7. The van der Waals surface area contributed by atoms with Crippen molar-refractivity contribution in [1.29, 1.82) is 0 Å². The van der Waals surface area contributed by atoms with E-state index in [0.29, 0.717) is 12.3 Å². The Balaban J connectivity index is 1.59. The topological polar surface area (TPSA) is 69.3 Å². The zero-order valence-electron chi connectivity index (χ0n) is 17.7. The standard InChI is InChI=1S/C23H29N3O3/c1-16-13-17(2)26(25-16)20(21-7-6-12-28-21)14-24-22(27)15-29-19-10-8-18(9-11-19)23(3,4)5/h6-13,20H,14-15H2,1-5H3,(H,24,27). The van der Waals surface area contributed by atoms with Crippen LogP contribution >= 0.6 is 0 Å². The third-order valence-corrected chi connectivity index (χ3v) is 4.79. The van der Waals surface area contributed by atoms with Crippen molar-refractivity contribution in [2.75, 3.05) is 13.2 Å². The van der Waals surface area contributed by atoms with Gasteiger partial charge in [-0.1, -0.05) is 32.9 Å². The van der Waals surface area contributed by atoms with Gasteiger partial charge < -0.3 is 14.5 Å². The number of benzene rings is 1. The molecule has 0 aliphatic rings. The van der Waals surface area contributed by atoms with Crippen molar-refractivity contribution in [2.24, 2.45) is 0 Å². The molecule has 6 nitrogen and oxygen atoms in total. The molecule has 0 bridgehead atoms. The summed E-state index contributed by atoms with van der Waals surface area (Å²) in [6.45, 7) is 10.7. The minimum atomic E-state index is -0.214. The Hall–Kier alpha value is -3.02. The molecular formula is C23H29N3O3. The normalized spacial score (nSPS) is 12.6. The summed E-state index contributed by atoms with van der Waals surface area (Å²) in [7, 11) is 0. The molecular weight excluding hydrogens is 366 g/mol. The van der Waals surface area contributed by atoms with Crippen LogP contribution in [0, 0.1) is 13.8 Å². The minimum Gasteiger partial charge on any atom is -0.484 e. The number of amides is 1. The van der Waals surface area contributed by atoms with E-state index in [4.69, 9.17) is 9.15 Å². The monoisotopic (exact) mass is 395 g/mol. The van der Waals surface area contributed by atoms with Crippen molar-refractivity contribution in [1.82, 2.24) is 15.1 Å². The van der Waals surface area contributed by atoms with E-state index in [1.807, 2.05) is 61.0 Å². The number of carbonyl (C=O) groups excluding carboxylic acids is 1. The fraction of sp³-hybridized carbons (Fsp3) is 0.391. The maximum absolute atomic E-state index is 12.3. The van der Waals surface area contributed by atoms with E-state index >= 15 is 0 Å². The quantitative estimate of drug-likeness (QED) is 0.652. The Morgan fingerprint density at radius 3 is 2.48 bits per heavy atom. The third-order valence-electron chi connectivity index (χ3n) is 4.79. The van der Waals surface area contributed by atoms with Gasteiger partial charge in [0.25, 0.3) is 5.91 Å². The molecule has 1 amide bonds. The molecule has 1 aromatic carbocycles. The highest BCUT2D eigenvalue weighted by atomic mass is 16.5. The second-order valence-corrected chi connectivity index (χ2v) is 8.27. The van der Waals surface area contributed by atoms with Gasteiger partial charge in [0.15, 0.2) is 6.61 Å². The van der Waals surface area contributed by atoms with Gasteiger partial charge in [0.2, 0.25) is 0 Å². The second-order valence-electron chi connectivity index (χ2n) is 8.27. The van der Waals surface area contributed by atoms with Gasteiger partial charge in [0, 0.05) is 12.2 Å². The van der Waals surface area contributed by atoms with Crippen LogP contribution in [0.3, 0.4) is 0 Å². The van der Waals surface area contributed by atoms with Crippen molar-refractivity contribution in [3.63, 3.8) is 0 Å². The molecule has 0 saturated heterocycles. The van der Waals surface area contributed by atoms with Gasteiger partial charge in [-0.25, -0.2) is 0 Å². The van der Waals surface area contributed by atoms with E-state index in [1.165, 1.54) is 5.56 Å². The lowest BCUT2D eigenvalue weighted by Crippen LogP contribution is -2.35. The average molecular weight is 396 g/mol. The Kier molecular flexibility index (Phi) is 6.11. The predicted molar refractivity (Wildman–Crippen MR) is 112 cm³/mol. The Labute approximate surface area is 171 Å². The van der Waals surface area contributed by atoms with E-state index in [9.17, 15) is 4.79 Å². The molecule has 3 rings (SSSR count). The fourth-order valence-corrected chi connectivity index (χ4v) is 3.21. The molecule has 6 heteroatoms. The molecule has 0 aliphatic heterocycles. The van der Waals surface area contributed by atoms with Crippen LogP contribution in [0.4, 0.5) is 0 Å². The summed E-state index contributed by atoms with van der Waals surface area (Å²) in [4.78, 5) is 12.3. The fourth-order valence-electron chi connectivity index (χ4n) is 3.21. The maximum atomic E-state index is 12.3. The molecule has 3 aromatic rings. The van der Waals surface area contributed by atoms with Gasteiger partial charge >= 0.3 is 0 Å². The zero-order chi connectivity index (χ0) is 21.0. The predicted octanol–water partition coefficient (Wildman–Crippen LogP) is 4.18. The van der Waals surface area contributed by atoms with Gasteiger partial charge in [0.05, 0.1) is 12.0 Å². The molecule has 0 radical (unpaired) electrons. The highest BCUT2D eigenvalue weighted by Gasteiger charge is 2.21. The lowest BCUT2D eigenvalue weighted by atomic mass is 9.87. The van der Waals surface area contributed by atoms with E-state index in [1.54, 1.807) is 6.26 Å². The Morgan fingerprint density at radius 1 is 1.21 bits per heavy atom. The summed E-state index contributed by atoms with van der Waals surface area (Å²) in [5.41, 5.74) is 3.24. The van der Waals surface area contributed by atoms with Crippen LogP contribution in [0.15, 0.2) is 53.1 Å². The molecule has 0 fully saturated rings. The summed E-state index contributed by atoms with van der Waals surface area (Å²) >= 11 is 0. The van der Waals surface area contributed by atoms with Crippen molar-refractivity contribution in [3.05, 3.63) is 71.4 Å². The lowest BCUT2D eigenvalue weighted by Gasteiger charge is -2.19. The van der Waals surface area contributed by atoms with Gasteiger partial charge in [-0.05, 0) is 55.2 Å². The van der Waals surface area contributed by atoms with Gasteiger partial charge in [-0.15, -0.1) is 0 Å². The number of carbonyl (C=O) groups is 1. The van der Waals surface area contributed by atoms with Crippen LogP contribution in [0.1, 0.15) is 49.5 Å². The molecule has 2 aromatic heterocycles. The van der Waals surface area contributed by atoms with Gasteiger partial charge in [-0.2, -0.15) is 5.10 Å². The average Bonchev–Trinajstić information content (AvgIpc) is 3.30. The molecule has 1 N–H and O–H groups in total. The van der Waals surface area contributed by atoms with Crippen molar-refractivity contribution in [3.8, 4) is 5.75 Å². The maximum Gasteiger partial charge on any atom is 0.258 e. The SMILES string of the molecule is Cc1cc(C)n(C(CNC(=O)COc2ccc(C(C)(C)C)cc2)c2ccco2)n1. The summed E-state index contributed by atoms with van der Waals surface area (Å²) in [6.07, 6.45) is 1.63. The number of nitrogens with one attached hydrogen (secondary N) is 1. The highest BCUT2D eigenvalue weighted by molar-refractivity contribution is 5.77. The summed E-state index contributed by atoms with van der Waals surface area (Å²) in [6, 6.07) is 13.4. The van der Waals surface area contributed by atoms with Gasteiger partial charge in [-0.3, -0.25) is 9.48 Å². The molecule has 2 heterocycles. The van der Waals surface area contributed by atoms with Crippen LogP contribution in [-0.4, -0.2) is 28.8 Å². The number of nitrogens with zero attached hydrogens (tertiary/aromatic N) is 2. The lowest BCUT2D eigenvalue weighted by molar-refractivity contribution is -0.123. The van der Waals surface area contributed by atoms with E-state index in [-0.39, 0.29) is 24.0 Å². The minimum absolute atomic E-state index is 0.0448. The van der Waals surface area contributed by atoms with Crippen LogP contribution in [0.2, 0.25) is 0 Å². The van der Waals surface area contributed by atoms with E-state index in [2.05, 4.69) is 31.2 Å². The van der Waals surface area contributed by atoms with Crippen LogP contribution < -0.4 is 10.1 Å². The van der Waals surface area contributed by atoms with Crippen LogP contribution in [0.5, 0.6) is 5.75 Å². The largest absolute Gasteiger partial charge is 0.484 e. The Bertz CT molecular complexity index is 935. The van der Waals surface area contributed by atoms with E-state index in [0.717, 1.165) is 17.1 Å². The molecule has 0 aliphatic carbocycles. The molecule has 0 spiro atoms. The number of aromatic nitrogens is 2. The second kappa shape index (κ2) is 8.55. The summed E-state index contributed by atoms with van der Waals surface area (Å²) in [5.74, 6) is 1.23.